The third kappa shape index (κ3) is 8.97. The normalized spacial score (nSPS) is 30.4. The van der Waals surface area contributed by atoms with E-state index >= 15 is 0 Å². The number of allylic oxidation sites excluding steroid dienone is 2. The number of ether oxygens (including phenoxy) is 4. The largest absolute Gasteiger partial charge is 0.507 e. The van der Waals surface area contributed by atoms with Crippen LogP contribution in [0.2, 0.25) is 0 Å². The number of nitrogens with one attached hydrogen (secondary N) is 1. The van der Waals surface area contributed by atoms with Crippen molar-refractivity contribution >= 4 is 39.9 Å². The van der Waals surface area contributed by atoms with E-state index in [1.807, 2.05) is 0 Å². The Morgan fingerprint density at radius 2 is 1.65 bits per heavy atom. The van der Waals surface area contributed by atoms with E-state index in [4.69, 9.17) is 28.9 Å². The maximum atomic E-state index is 14.8. The first-order valence-corrected chi connectivity index (χ1v) is 22.8. The lowest BCUT2D eigenvalue weighted by Gasteiger charge is -2.38. The molecule has 20 nitrogen and oxygen atoms in total. The Morgan fingerprint density at radius 1 is 0.971 bits per heavy atom. The highest BCUT2D eigenvalue weighted by atomic mass is 16.7. The molecule has 9 atom stereocenters. The monoisotopic (exact) mass is 943 g/mol. The van der Waals surface area contributed by atoms with Gasteiger partial charge in [0.05, 0.1) is 40.9 Å². The Labute approximate surface area is 392 Å². The number of aromatic hydroxyl groups is 2. The fourth-order valence-corrected chi connectivity index (χ4v) is 9.84. The molecule has 7 rings (SSSR count). The fraction of sp³-hybridized carbons (Fsp3) is 0.542. The molecule has 0 saturated carbocycles. The molecule has 5 N–H and O–H groups in total. The quantitative estimate of drug-likeness (QED) is 0.100. The number of carbonyl (C=O) groups excluding carboxylic acids is 3. The summed E-state index contributed by atoms with van der Waals surface area (Å²) in [5.41, 5.74) is -0.986. The van der Waals surface area contributed by atoms with Crippen LogP contribution in [0, 0.1) is 47.6 Å². The number of Topliss-reactive ketones (excluding diaryl/α,β-unsaturated/α-hetero) is 1. The number of rotatable bonds is 6. The Balaban J connectivity index is 1.34. The van der Waals surface area contributed by atoms with Crippen LogP contribution in [0.3, 0.4) is 0 Å². The Kier molecular flexibility index (Phi) is 13.9. The molecular formula is C48H61N7O13. The zero-order valence-electron chi connectivity index (χ0n) is 40.0. The molecule has 1 aromatic heterocycles. The third-order valence-electron chi connectivity index (χ3n) is 14.1. The second-order valence-electron chi connectivity index (χ2n) is 18.7. The summed E-state index contributed by atoms with van der Waals surface area (Å²) in [6.07, 6.45) is 5.61. The first-order chi connectivity index (χ1) is 32.0. The van der Waals surface area contributed by atoms with Gasteiger partial charge in [-0.1, -0.05) is 45.9 Å². The standard InChI is InChI=1S/C48H61N7O13/c1-23-12-11-13-24(2)46(62)50-38-37-36(51-48(52-37)15-17-53(18-16-48)19-20-54-29(7)49-22-32(54)55(63)64)33-34(42(38)60)41(59)28(6)44-35(33)45(61)47(9,68-44)66-21-14-31(65-10)25(3)43(67-30(8)56)27(5)40(58)26(4)39(23)57/h11-14,21-23,25-27,31,39-40,43,57-60H,15-20H2,1-10H3,(H,50,62)/b12-11-,21-14-,24-13-/t23-,25+,26+,27+,31-,39-,40+,43+,47-/m0/s1. The summed E-state index contributed by atoms with van der Waals surface area (Å²) in [4.78, 5) is 68.9. The van der Waals surface area contributed by atoms with Gasteiger partial charge in [0.25, 0.3) is 11.7 Å². The number of phenols is 2. The van der Waals surface area contributed by atoms with Gasteiger partial charge in [-0.2, -0.15) is 0 Å². The lowest BCUT2D eigenvalue weighted by molar-refractivity contribution is -0.392. The van der Waals surface area contributed by atoms with E-state index in [1.54, 1.807) is 58.3 Å². The lowest BCUT2D eigenvalue weighted by atomic mass is 9.78. The van der Waals surface area contributed by atoms with Crippen molar-refractivity contribution in [1.29, 1.82) is 0 Å². The van der Waals surface area contributed by atoms with Gasteiger partial charge in [0.1, 0.15) is 41.4 Å². The van der Waals surface area contributed by atoms with E-state index in [1.165, 1.54) is 52.5 Å². The molecule has 1 fully saturated rings. The summed E-state index contributed by atoms with van der Waals surface area (Å²) in [5.74, 6) is -7.01. The van der Waals surface area contributed by atoms with Gasteiger partial charge in [0.2, 0.25) is 0 Å². The molecule has 0 aliphatic carbocycles. The minimum Gasteiger partial charge on any atom is -0.507 e. The number of hydrogen-bond donors (Lipinski definition) is 5. The van der Waals surface area contributed by atoms with Crippen LogP contribution in [0.4, 0.5) is 11.5 Å². The number of esters is 1. The Hall–Kier alpha value is -6.22. The van der Waals surface area contributed by atoms with Gasteiger partial charge in [-0.15, -0.1) is 0 Å². The molecule has 5 heterocycles. The highest BCUT2D eigenvalue weighted by Crippen LogP contribution is 2.50. The zero-order valence-corrected chi connectivity index (χ0v) is 40.0. The number of carbonyl (C=O) groups is 3. The summed E-state index contributed by atoms with van der Waals surface area (Å²) in [6.45, 7) is 16.1. The summed E-state index contributed by atoms with van der Waals surface area (Å²) < 4.78 is 25.5. The van der Waals surface area contributed by atoms with E-state index in [-0.39, 0.29) is 55.4 Å². The minimum absolute atomic E-state index is 0.0137. The molecule has 4 bridgehead atoms. The number of imidazole rings is 1. The highest BCUT2D eigenvalue weighted by molar-refractivity contribution is 6.19. The number of anilines is 1. The lowest BCUT2D eigenvalue weighted by Crippen LogP contribution is -2.46. The number of piperidine rings is 1. The van der Waals surface area contributed by atoms with Crippen LogP contribution in [0.15, 0.2) is 52.3 Å². The number of aliphatic hydroxyl groups excluding tert-OH is 2. The molecule has 0 radical (unpaired) electrons. The van der Waals surface area contributed by atoms with Crippen LogP contribution < -0.4 is 20.8 Å². The number of ketones is 1. The van der Waals surface area contributed by atoms with Crippen LogP contribution >= 0.6 is 0 Å². The first kappa shape index (κ1) is 49.7. The van der Waals surface area contributed by atoms with E-state index in [9.17, 15) is 44.9 Å². The highest BCUT2D eigenvalue weighted by Gasteiger charge is 2.50. The van der Waals surface area contributed by atoms with Crippen molar-refractivity contribution in [3.63, 3.8) is 0 Å². The predicted octanol–water partition coefficient (Wildman–Crippen LogP) is 4.21. The number of likely N-dealkylation sites (tertiary alicyclic amines) is 1. The average molecular weight is 944 g/mol. The number of aryl methyl sites for hydroxylation is 1. The molecule has 1 spiro atoms. The maximum absolute atomic E-state index is 14.8. The third-order valence-corrected chi connectivity index (χ3v) is 14.1. The summed E-state index contributed by atoms with van der Waals surface area (Å²) in [5, 5.41) is 61.7. The molecule has 1 amide bonds. The molecule has 0 unspecified atom stereocenters. The Morgan fingerprint density at radius 3 is 2.29 bits per heavy atom. The maximum Gasteiger partial charge on any atom is 0.342 e. The first-order valence-electron chi connectivity index (χ1n) is 22.8. The van der Waals surface area contributed by atoms with Gasteiger partial charge in [-0.05, 0) is 24.8 Å². The van der Waals surface area contributed by atoms with E-state index in [0.717, 1.165) is 0 Å². The van der Waals surface area contributed by atoms with Crippen LogP contribution in [-0.4, -0.2) is 120 Å². The molecule has 4 aliphatic heterocycles. The minimum atomic E-state index is -2.02. The summed E-state index contributed by atoms with van der Waals surface area (Å²) in [7, 11) is 1.45. The molecule has 1 saturated heterocycles. The number of amides is 1. The van der Waals surface area contributed by atoms with Gasteiger partial charge in [0, 0.05) is 101 Å². The van der Waals surface area contributed by atoms with Crippen molar-refractivity contribution in [2.24, 2.45) is 33.7 Å². The van der Waals surface area contributed by atoms with E-state index < -0.39 is 93.6 Å². The molecular weight excluding hydrogens is 883 g/mol. The number of nitro groups is 1. The number of aliphatic hydroxyl groups is 2. The van der Waals surface area contributed by atoms with Crippen LogP contribution in [-0.2, 0) is 30.3 Å². The summed E-state index contributed by atoms with van der Waals surface area (Å²) >= 11 is 0. The van der Waals surface area contributed by atoms with Crippen LogP contribution in [0.5, 0.6) is 17.2 Å². The van der Waals surface area contributed by atoms with Crippen molar-refractivity contribution in [2.45, 2.75) is 118 Å². The zero-order chi connectivity index (χ0) is 49.7. The number of fused-ring (bicyclic) bond motifs is 1. The van der Waals surface area contributed by atoms with Gasteiger partial charge in [-0.3, -0.25) is 29.3 Å². The molecule has 3 aromatic rings. The second-order valence-corrected chi connectivity index (χ2v) is 18.7. The van der Waals surface area contributed by atoms with E-state index in [2.05, 4.69) is 15.2 Å². The Bertz CT molecular complexity index is 2760. The summed E-state index contributed by atoms with van der Waals surface area (Å²) in [6, 6.07) is 0. The van der Waals surface area contributed by atoms with Gasteiger partial charge < -0.3 is 54.8 Å². The smallest absolute Gasteiger partial charge is 0.342 e. The second kappa shape index (κ2) is 19.0. The van der Waals surface area contributed by atoms with Crippen molar-refractivity contribution in [3.05, 3.63) is 80.1 Å². The molecule has 68 heavy (non-hydrogen) atoms. The van der Waals surface area contributed by atoms with Crippen molar-refractivity contribution in [3.8, 4) is 17.2 Å². The van der Waals surface area contributed by atoms with Gasteiger partial charge in [0.15, 0.2) is 17.2 Å². The van der Waals surface area contributed by atoms with Gasteiger partial charge >= 0.3 is 17.6 Å². The van der Waals surface area contributed by atoms with Crippen molar-refractivity contribution < 1.29 is 58.7 Å². The molecule has 2 aromatic carbocycles. The SMILES string of the molecule is CO[C@H]1/C=C\O[C@@]2(C)Oc3c(C)c(O)c4c(O)c(c5c(c4c3C2=O)=NC2(CCN(CCn3c([N+](=O)[O-])cnc3C)CC2)N=5)NC(=O)/C(C)=C\C=C/[C@H](C)[C@H](O)[C@@H](C)[C@@H](O)[C@@H](C)[C@H](OC(C)=O)[C@@H]1C. The number of methoxy groups -OCH3 is 1. The van der Waals surface area contributed by atoms with Crippen molar-refractivity contribution in [2.75, 3.05) is 32.1 Å². The predicted molar refractivity (Wildman–Crippen MR) is 246 cm³/mol. The average Bonchev–Trinajstić information content (AvgIpc) is 3.95. The van der Waals surface area contributed by atoms with Crippen LogP contribution in [0.25, 0.3) is 10.8 Å². The topological polar surface area (TPSA) is 270 Å². The van der Waals surface area contributed by atoms with E-state index in [0.29, 0.717) is 44.8 Å². The number of aromatic nitrogens is 2. The molecule has 20 heteroatoms. The van der Waals surface area contributed by atoms with Crippen molar-refractivity contribution in [1.82, 2.24) is 14.5 Å². The molecule has 366 valence electrons. The fourth-order valence-electron chi connectivity index (χ4n) is 9.84. The number of benzene rings is 2. The molecule has 4 aliphatic rings. The number of nitrogens with zero attached hydrogens (tertiary/aromatic N) is 6. The number of phenolic OH excluding ortho intramolecular Hbond substituents is 2. The van der Waals surface area contributed by atoms with Gasteiger partial charge in [-0.25, -0.2) is 9.55 Å². The van der Waals surface area contributed by atoms with Crippen LogP contribution in [0.1, 0.15) is 83.1 Å². The number of hydrogen-bond acceptors (Lipinski definition) is 17.